The summed E-state index contributed by atoms with van der Waals surface area (Å²) in [5, 5.41) is 2.83. The van der Waals surface area contributed by atoms with Gasteiger partial charge in [0, 0.05) is 36.3 Å². The Hall–Kier alpha value is -1.13. The summed E-state index contributed by atoms with van der Waals surface area (Å²) in [7, 11) is -3.45. The molecule has 3 aromatic heterocycles. The maximum Gasteiger partial charge on any atom is 0.250 e. The molecule has 0 aromatic carbocycles. The highest BCUT2D eigenvalue weighted by Gasteiger charge is 2.16. The van der Waals surface area contributed by atoms with Crippen LogP contribution in [0, 0.1) is 0 Å². The Morgan fingerprint density at radius 2 is 2.13 bits per heavy atom. The van der Waals surface area contributed by atoms with Crippen molar-refractivity contribution in [1.82, 2.24) is 14.7 Å². The lowest BCUT2D eigenvalue weighted by molar-refractivity contribution is 0.583. The monoisotopic (exact) mass is 429 g/mol. The van der Waals surface area contributed by atoms with Gasteiger partial charge >= 0.3 is 0 Å². The Morgan fingerprint density at radius 1 is 1.26 bits per heavy atom. The van der Waals surface area contributed by atoms with E-state index in [2.05, 4.69) is 30.6 Å². The van der Waals surface area contributed by atoms with Crippen molar-refractivity contribution in [2.45, 2.75) is 10.6 Å². The number of thiazole rings is 1. The van der Waals surface area contributed by atoms with Crippen LogP contribution in [0.15, 0.2) is 50.0 Å². The summed E-state index contributed by atoms with van der Waals surface area (Å²) >= 11 is 5.98. The summed E-state index contributed by atoms with van der Waals surface area (Å²) in [5.41, 5.74) is 1.83. The zero-order valence-corrected chi connectivity index (χ0v) is 15.8. The molecule has 0 spiro atoms. The summed E-state index contributed by atoms with van der Waals surface area (Å²) in [6, 6.07) is 7.12. The molecule has 0 saturated heterocycles. The van der Waals surface area contributed by atoms with Crippen molar-refractivity contribution in [3.8, 4) is 10.6 Å². The van der Waals surface area contributed by atoms with Crippen LogP contribution < -0.4 is 4.72 Å². The van der Waals surface area contributed by atoms with Gasteiger partial charge in [-0.25, -0.2) is 18.1 Å². The van der Waals surface area contributed by atoms with Crippen LogP contribution in [0.5, 0.6) is 0 Å². The minimum atomic E-state index is -3.45. The van der Waals surface area contributed by atoms with Gasteiger partial charge in [0.15, 0.2) is 0 Å². The first kappa shape index (κ1) is 16.7. The molecule has 0 radical (unpaired) electrons. The number of hydrogen-bond acceptors (Lipinski definition) is 6. The van der Waals surface area contributed by atoms with Gasteiger partial charge in [0.2, 0.25) is 10.0 Å². The van der Waals surface area contributed by atoms with E-state index in [-0.39, 0.29) is 0 Å². The number of nitrogens with one attached hydrogen (secondary N) is 1. The molecule has 5 nitrogen and oxygen atoms in total. The van der Waals surface area contributed by atoms with Crippen LogP contribution in [0.1, 0.15) is 5.69 Å². The summed E-state index contributed by atoms with van der Waals surface area (Å²) in [6.45, 7) is 0.314. The summed E-state index contributed by atoms with van der Waals surface area (Å²) in [5.74, 6) is 0. The van der Waals surface area contributed by atoms with Crippen LogP contribution >= 0.6 is 38.6 Å². The van der Waals surface area contributed by atoms with Crippen molar-refractivity contribution < 1.29 is 8.42 Å². The average Bonchev–Trinajstić information content (AvgIpc) is 3.17. The van der Waals surface area contributed by atoms with Crippen molar-refractivity contribution in [2.24, 2.45) is 0 Å². The molecule has 0 aliphatic heterocycles. The van der Waals surface area contributed by atoms with Crippen LogP contribution in [-0.2, 0) is 16.4 Å². The average molecular weight is 430 g/mol. The van der Waals surface area contributed by atoms with E-state index in [1.807, 2.05) is 17.5 Å². The fourth-order valence-corrected chi connectivity index (χ4v) is 5.80. The maximum absolute atomic E-state index is 12.1. The first-order chi connectivity index (χ1) is 11.0. The van der Waals surface area contributed by atoms with Gasteiger partial charge in [0.05, 0.1) is 9.48 Å². The maximum atomic E-state index is 12.1. The van der Waals surface area contributed by atoms with Crippen LogP contribution in [0.4, 0.5) is 0 Å². The second-order valence-electron chi connectivity index (χ2n) is 4.59. The van der Waals surface area contributed by atoms with Crippen molar-refractivity contribution in [3.63, 3.8) is 0 Å². The van der Waals surface area contributed by atoms with Crippen LogP contribution in [0.25, 0.3) is 10.6 Å². The number of nitrogens with zero attached hydrogens (tertiary/aromatic N) is 2. The Kier molecular flexibility index (Phi) is 5.22. The predicted octanol–water partition coefficient (Wildman–Crippen LogP) is 3.55. The van der Waals surface area contributed by atoms with Gasteiger partial charge in [0.25, 0.3) is 0 Å². The molecule has 3 heterocycles. The zero-order valence-electron chi connectivity index (χ0n) is 11.8. The van der Waals surface area contributed by atoms with E-state index in [0.29, 0.717) is 17.2 Å². The van der Waals surface area contributed by atoms with Gasteiger partial charge in [-0.1, -0.05) is 0 Å². The molecule has 0 bridgehead atoms. The number of sulfonamides is 1. The third-order valence-corrected chi connectivity index (χ3v) is 7.46. The smallest absolute Gasteiger partial charge is 0.250 e. The Morgan fingerprint density at radius 3 is 2.83 bits per heavy atom. The number of hydrogen-bond donors (Lipinski definition) is 1. The Labute approximate surface area is 150 Å². The number of thiophene rings is 1. The van der Waals surface area contributed by atoms with E-state index in [0.717, 1.165) is 20.1 Å². The molecule has 3 aromatic rings. The minimum absolute atomic E-state index is 0.304. The molecule has 1 N–H and O–H groups in total. The second kappa shape index (κ2) is 7.18. The lowest BCUT2D eigenvalue weighted by atomic mass is 10.3. The van der Waals surface area contributed by atoms with Gasteiger partial charge in [-0.15, -0.1) is 22.7 Å². The van der Waals surface area contributed by atoms with Crippen LogP contribution in [-0.4, -0.2) is 24.9 Å². The number of rotatable bonds is 6. The third kappa shape index (κ3) is 4.24. The number of halogens is 1. The fraction of sp³-hybridized carbons (Fsp3) is 0.143. The molecular formula is C14H12BrN3O2S3. The molecule has 120 valence electrons. The van der Waals surface area contributed by atoms with Crippen LogP contribution in [0.3, 0.4) is 0 Å². The Bertz CT molecular complexity index is 891. The fourth-order valence-electron chi connectivity index (χ4n) is 1.87. The highest BCUT2D eigenvalue weighted by molar-refractivity contribution is 9.11. The molecule has 0 amide bonds. The third-order valence-electron chi connectivity index (χ3n) is 2.95. The molecule has 0 unspecified atom stereocenters. The summed E-state index contributed by atoms with van der Waals surface area (Å²) < 4.78 is 27.9. The van der Waals surface area contributed by atoms with Gasteiger partial charge < -0.3 is 0 Å². The molecule has 3 rings (SSSR count). The van der Waals surface area contributed by atoms with E-state index in [9.17, 15) is 8.42 Å². The van der Waals surface area contributed by atoms with Gasteiger partial charge in [-0.2, -0.15) is 0 Å². The normalized spacial score (nSPS) is 11.7. The first-order valence-corrected chi connectivity index (χ1v) is 10.6. The molecule has 0 fully saturated rings. The molecule has 0 atom stereocenters. The molecule has 0 saturated carbocycles. The number of aromatic nitrogens is 2. The molecule has 9 heteroatoms. The van der Waals surface area contributed by atoms with Crippen molar-refractivity contribution in [1.29, 1.82) is 0 Å². The topological polar surface area (TPSA) is 72.0 Å². The van der Waals surface area contributed by atoms with E-state index < -0.39 is 10.0 Å². The minimum Gasteiger partial charge on any atom is -0.264 e. The van der Waals surface area contributed by atoms with Gasteiger partial charge in [-0.05, 0) is 40.2 Å². The molecule has 0 aliphatic rings. The van der Waals surface area contributed by atoms with E-state index in [4.69, 9.17) is 0 Å². The van der Waals surface area contributed by atoms with Gasteiger partial charge in [-0.3, -0.25) is 4.98 Å². The summed E-state index contributed by atoms with van der Waals surface area (Å²) in [6.07, 6.45) is 4.03. The summed E-state index contributed by atoms with van der Waals surface area (Å²) in [4.78, 5) is 8.59. The highest BCUT2D eigenvalue weighted by atomic mass is 79.9. The van der Waals surface area contributed by atoms with Gasteiger partial charge in [0.1, 0.15) is 9.22 Å². The number of pyridine rings is 1. The van der Waals surface area contributed by atoms with Crippen molar-refractivity contribution in [2.75, 3.05) is 6.54 Å². The van der Waals surface area contributed by atoms with Crippen molar-refractivity contribution in [3.05, 3.63) is 51.5 Å². The van der Waals surface area contributed by atoms with Crippen LogP contribution in [0.2, 0.25) is 0 Å². The molecule has 0 aliphatic carbocycles. The highest BCUT2D eigenvalue weighted by Crippen LogP contribution is 2.26. The standard InChI is InChI=1S/C14H12BrN3O2S3/c15-12-3-4-13(22-12)23(19,20)17-7-5-11-9-21-14(18-11)10-2-1-6-16-8-10/h1-4,6,8-9,17H,5,7H2. The van der Waals surface area contributed by atoms with E-state index in [1.54, 1.807) is 24.5 Å². The van der Waals surface area contributed by atoms with E-state index in [1.165, 1.54) is 22.7 Å². The lowest BCUT2D eigenvalue weighted by Crippen LogP contribution is -2.25. The van der Waals surface area contributed by atoms with Crippen molar-refractivity contribution >= 4 is 48.6 Å². The predicted molar refractivity (Wildman–Crippen MR) is 96.3 cm³/mol. The largest absolute Gasteiger partial charge is 0.264 e. The Balaban J connectivity index is 1.60. The quantitative estimate of drug-likeness (QED) is 0.649. The second-order valence-corrected chi connectivity index (χ2v) is 9.91. The molecule has 23 heavy (non-hydrogen) atoms. The SMILES string of the molecule is O=S(=O)(NCCc1csc(-c2cccnc2)n1)c1ccc(Br)s1. The lowest BCUT2D eigenvalue weighted by Gasteiger charge is -2.03. The first-order valence-electron chi connectivity index (χ1n) is 6.64. The zero-order chi connectivity index (χ0) is 16.3. The molecular weight excluding hydrogens is 418 g/mol. The van der Waals surface area contributed by atoms with E-state index >= 15 is 0 Å².